The van der Waals surface area contributed by atoms with E-state index in [0.29, 0.717) is 10.7 Å². The number of sulfone groups is 1. The second-order valence-electron chi connectivity index (χ2n) is 3.70. The summed E-state index contributed by atoms with van der Waals surface area (Å²) < 4.78 is 36.6. The quantitative estimate of drug-likeness (QED) is 0.817. The highest BCUT2D eigenvalue weighted by Gasteiger charge is 2.09. The average molecular weight is 298 g/mol. The molecule has 0 aliphatic heterocycles. The molecule has 0 saturated heterocycles. The highest BCUT2D eigenvalue weighted by Crippen LogP contribution is 2.14. The fourth-order valence-electron chi connectivity index (χ4n) is 1.35. The molecule has 0 bridgehead atoms. The van der Waals surface area contributed by atoms with Gasteiger partial charge in [-0.05, 0) is 42.5 Å². The van der Waals surface area contributed by atoms with E-state index in [4.69, 9.17) is 11.6 Å². The van der Waals surface area contributed by atoms with Crippen LogP contribution in [0, 0.1) is 5.82 Å². The lowest BCUT2D eigenvalue weighted by Crippen LogP contribution is -1.96. The molecule has 19 heavy (non-hydrogen) atoms. The number of halogens is 2. The van der Waals surface area contributed by atoms with Crippen LogP contribution in [-0.4, -0.2) is 13.4 Å². The molecular formula is C13H9ClFNO2S. The summed E-state index contributed by atoms with van der Waals surface area (Å²) in [4.78, 5) is 3.97. The van der Waals surface area contributed by atoms with Crippen molar-refractivity contribution < 1.29 is 12.8 Å². The summed E-state index contributed by atoms with van der Waals surface area (Å²) in [6.45, 7) is 0. The Morgan fingerprint density at radius 1 is 1.11 bits per heavy atom. The Kier molecular flexibility index (Phi) is 3.97. The first-order valence-electron chi connectivity index (χ1n) is 5.28. The molecule has 1 heterocycles. The van der Waals surface area contributed by atoms with Crippen molar-refractivity contribution >= 4 is 27.5 Å². The van der Waals surface area contributed by atoms with Crippen molar-refractivity contribution in [2.45, 2.75) is 4.90 Å². The Hall–Kier alpha value is -1.72. The normalized spacial score (nSPS) is 11.9. The van der Waals surface area contributed by atoms with Crippen LogP contribution < -0.4 is 0 Å². The van der Waals surface area contributed by atoms with Crippen molar-refractivity contribution in [1.29, 1.82) is 0 Å². The molecule has 98 valence electrons. The summed E-state index contributed by atoms with van der Waals surface area (Å²) in [5.41, 5.74) is 0.468. The summed E-state index contributed by atoms with van der Waals surface area (Å²) in [5.74, 6) is -0.484. The van der Waals surface area contributed by atoms with Gasteiger partial charge < -0.3 is 0 Å². The summed E-state index contributed by atoms with van der Waals surface area (Å²) in [6.07, 6.45) is 2.78. The minimum absolute atomic E-state index is 0.0270. The molecule has 0 atom stereocenters. The zero-order chi connectivity index (χ0) is 13.9. The third-order valence-corrected chi connectivity index (χ3v) is 3.96. The van der Waals surface area contributed by atoms with Crippen molar-refractivity contribution in [3.63, 3.8) is 0 Å². The van der Waals surface area contributed by atoms with E-state index in [1.807, 2.05) is 0 Å². The average Bonchev–Trinajstić information content (AvgIpc) is 2.39. The molecule has 0 radical (unpaired) electrons. The fraction of sp³-hybridized carbons (Fsp3) is 0. The maximum atomic E-state index is 12.7. The van der Waals surface area contributed by atoms with Crippen LogP contribution in [0.15, 0.2) is 52.9 Å². The largest absolute Gasteiger partial charge is 0.255 e. The number of aromatic nitrogens is 1. The van der Waals surface area contributed by atoms with Crippen LogP contribution in [0.25, 0.3) is 6.08 Å². The molecule has 0 saturated carbocycles. The van der Waals surface area contributed by atoms with Crippen molar-refractivity contribution in [3.05, 3.63) is 64.5 Å². The molecule has 6 heteroatoms. The standard InChI is InChI=1S/C13H9ClFNO2S/c14-10-1-4-12(16-9-10)7-8-19(17,18)13-5-2-11(15)3-6-13/h1-9H/b8-7+. The topological polar surface area (TPSA) is 47.0 Å². The van der Waals surface area contributed by atoms with Gasteiger partial charge in [0.1, 0.15) is 5.82 Å². The Balaban J connectivity index is 2.26. The van der Waals surface area contributed by atoms with E-state index in [0.717, 1.165) is 17.5 Å². The highest BCUT2D eigenvalue weighted by molar-refractivity contribution is 7.94. The second-order valence-corrected chi connectivity index (χ2v) is 5.97. The predicted octanol–water partition coefficient (Wildman–Crippen LogP) is 3.32. The summed E-state index contributed by atoms with van der Waals surface area (Å²) in [5, 5.41) is 1.50. The number of rotatable bonds is 3. The Bertz CT molecular complexity index is 694. The molecule has 2 aromatic rings. The molecule has 0 aliphatic carbocycles. The van der Waals surface area contributed by atoms with Crippen LogP contribution >= 0.6 is 11.6 Å². The van der Waals surface area contributed by atoms with Gasteiger partial charge >= 0.3 is 0 Å². The molecule has 0 aliphatic rings. The molecular weight excluding hydrogens is 289 g/mol. The molecule has 0 amide bonds. The van der Waals surface area contributed by atoms with Gasteiger partial charge in [-0.3, -0.25) is 4.98 Å². The van der Waals surface area contributed by atoms with E-state index in [1.54, 1.807) is 12.1 Å². The van der Waals surface area contributed by atoms with Gasteiger partial charge in [0.15, 0.2) is 9.84 Å². The van der Waals surface area contributed by atoms with Gasteiger partial charge in [-0.25, -0.2) is 12.8 Å². The van der Waals surface area contributed by atoms with E-state index >= 15 is 0 Å². The van der Waals surface area contributed by atoms with Gasteiger partial charge in [-0.2, -0.15) is 0 Å². The van der Waals surface area contributed by atoms with Crippen molar-refractivity contribution in [2.75, 3.05) is 0 Å². The van der Waals surface area contributed by atoms with Gasteiger partial charge in [0, 0.05) is 11.6 Å². The maximum absolute atomic E-state index is 12.7. The van der Waals surface area contributed by atoms with Crippen molar-refractivity contribution in [1.82, 2.24) is 4.98 Å². The molecule has 0 fully saturated rings. The van der Waals surface area contributed by atoms with Gasteiger partial charge in [-0.15, -0.1) is 0 Å². The van der Waals surface area contributed by atoms with Gasteiger partial charge in [0.25, 0.3) is 0 Å². The van der Waals surface area contributed by atoms with E-state index in [1.165, 1.54) is 24.4 Å². The summed E-state index contributed by atoms with van der Waals surface area (Å²) >= 11 is 5.67. The van der Waals surface area contributed by atoms with E-state index in [9.17, 15) is 12.8 Å². The Morgan fingerprint density at radius 3 is 2.37 bits per heavy atom. The van der Waals surface area contributed by atoms with Crippen LogP contribution in [-0.2, 0) is 9.84 Å². The first-order chi connectivity index (χ1) is 8.97. The van der Waals surface area contributed by atoms with E-state index in [2.05, 4.69) is 4.98 Å². The van der Waals surface area contributed by atoms with E-state index < -0.39 is 15.7 Å². The lowest BCUT2D eigenvalue weighted by molar-refractivity contribution is 0.603. The molecule has 0 spiro atoms. The van der Waals surface area contributed by atoms with E-state index in [-0.39, 0.29) is 4.90 Å². The van der Waals surface area contributed by atoms with Gasteiger partial charge in [0.05, 0.1) is 15.6 Å². The van der Waals surface area contributed by atoms with Crippen molar-refractivity contribution in [3.8, 4) is 0 Å². The summed E-state index contributed by atoms with van der Waals surface area (Å²) in [6, 6.07) is 7.83. The smallest absolute Gasteiger partial charge is 0.199 e. The highest BCUT2D eigenvalue weighted by atomic mass is 35.5. The third-order valence-electron chi connectivity index (χ3n) is 2.31. The first-order valence-corrected chi connectivity index (χ1v) is 7.20. The van der Waals surface area contributed by atoms with Crippen LogP contribution in [0.2, 0.25) is 5.02 Å². The second kappa shape index (κ2) is 5.50. The molecule has 1 aromatic heterocycles. The van der Waals surface area contributed by atoms with Crippen LogP contribution in [0.5, 0.6) is 0 Å². The Morgan fingerprint density at radius 2 is 1.79 bits per heavy atom. The first kappa shape index (κ1) is 13.7. The molecule has 2 rings (SSSR count). The molecule has 1 aromatic carbocycles. The third kappa shape index (κ3) is 3.62. The van der Waals surface area contributed by atoms with Gasteiger partial charge in [-0.1, -0.05) is 11.6 Å². The number of pyridine rings is 1. The Labute approximate surface area is 115 Å². The number of nitrogens with zero attached hydrogens (tertiary/aromatic N) is 1. The molecule has 3 nitrogen and oxygen atoms in total. The number of benzene rings is 1. The maximum Gasteiger partial charge on any atom is 0.199 e. The number of hydrogen-bond acceptors (Lipinski definition) is 3. The predicted molar refractivity (Wildman–Crippen MR) is 71.9 cm³/mol. The minimum atomic E-state index is -3.61. The lowest BCUT2D eigenvalue weighted by Gasteiger charge is -1.98. The van der Waals surface area contributed by atoms with Gasteiger partial charge in [0.2, 0.25) is 0 Å². The van der Waals surface area contributed by atoms with Crippen LogP contribution in [0.1, 0.15) is 5.69 Å². The SMILES string of the molecule is O=S(=O)(/C=C/c1ccc(Cl)cn1)c1ccc(F)cc1. The zero-order valence-corrected chi connectivity index (χ0v) is 11.2. The molecule has 0 unspecified atom stereocenters. The van der Waals surface area contributed by atoms with Crippen LogP contribution in [0.4, 0.5) is 4.39 Å². The monoisotopic (exact) mass is 297 g/mol. The van der Waals surface area contributed by atoms with Crippen molar-refractivity contribution in [2.24, 2.45) is 0 Å². The number of hydrogen-bond donors (Lipinski definition) is 0. The zero-order valence-electron chi connectivity index (χ0n) is 9.62. The fourth-order valence-corrected chi connectivity index (χ4v) is 2.45. The lowest BCUT2D eigenvalue weighted by atomic mass is 10.3. The van der Waals surface area contributed by atoms with Crippen LogP contribution in [0.3, 0.4) is 0 Å². The molecule has 0 N–H and O–H groups in total. The summed E-state index contributed by atoms with van der Waals surface area (Å²) in [7, 11) is -3.61. The minimum Gasteiger partial charge on any atom is -0.255 e.